The van der Waals surface area contributed by atoms with Crippen LogP contribution in [0.3, 0.4) is 0 Å². The average Bonchev–Trinajstić information content (AvgIpc) is 3.54. The third-order valence-corrected chi connectivity index (χ3v) is 7.33. The summed E-state index contributed by atoms with van der Waals surface area (Å²) in [6.45, 7) is 6.82. The molecule has 0 atom stereocenters. The predicted molar refractivity (Wildman–Crippen MR) is 140 cm³/mol. The molecule has 1 aromatic heterocycles. The second kappa shape index (κ2) is 13.1. The number of halogens is 1. The van der Waals surface area contributed by atoms with Crippen LogP contribution in [-0.2, 0) is 0 Å². The SMILES string of the molecule is CC.CN=C(CSCCCN=CN1CCC(c2noc3ccc(F)cc23)CC1)NC1(CO)CC1. The van der Waals surface area contributed by atoms with Crippen molar-refractivity contribution in [2.24, 2.45) is 9.98 Å². The molecule has 9 heteroatoms. The van der Waals surface area contributed by atoms with Crippen LogP contribution in [0.15, 0.2) is 32.7 Å². The number of aliphatic imine (C=N–C) groups is 2. The summed E-state index contributed by atoms with van der Waals surface area (Å²) >= 11 is 1.85. The topological polar surface area (TPSA) is 86.2 Å². The zero-order chi connectivity index (χ0) is 24.4. The number of thioether (sulfide) groups is 1. The van der Waals surface area contributed by atoms with E-state index in [-0.39, 0.29) is 18.0 Å². The first kappa shape index (κ1) is 26.5. The molecule has 1 saturated heterocycles. The Morgan fingerprint density at radius 1 is 1.35 bits per heavy atom. The van der Waals surface area contributed by atoms with E-state index in [0.717, 1.165) is 80.2 Å². The van der Waals surface area contributed by atoms with E-state index in [1.165, 1.54) is 12.1 Å². The Hall–Kier alpha value is -2.13. The number of nitrogens with one attached hydrogen (secondary N) is 1. The molecule has 0 bridgehead atoms. The minimum atomic E-state index is -0.254. The largest absolute Gasteiger partial charge is 0.394 e. The Balaban J connectivity index is 0.00000158. The van der Waals surface area contributed by atoms with Gasteiger partial charge in [0.15, 0.2) is 5.58 Å². The average molecular weight is 492 g/mol. The first-order chi connectivity index (χ1) is 16.6. The van der Waals surface area contributed by atoms with Gasteiger partial charge in [0.1, 0.15) is 11.7 Å². The van der Waals surface area contributed by atoms with Gasteiger partial charge in [0.25, 0.3) is 0 Å². The van der Waals surface area contributed by atoms with Crippen LogP contribution in [-0.4, -0.2) is 77.7 Å². The number of aliphatic hydroxyl groups is 1. The monoisotopic (exact) mass is 491 g/mol. The van der Waals surface area contributed by atoms with Crippen molar-refractivity contribution in [3.05, 3.63) is 29.7 Å². The number of likely N-dealkylation sites (tertiary alicyclic amines) is 1. The highest BCUT2D eigenvalue weighted by atomic mass is 32.2. The van der Waals surface area contributed by atoms with Crippen LogP contribution < -0.4 is 5.32 Å². The van der Waals surface area contributed by atoms with E-state index in [9.17, 15) is 9.50 Å². The maximum absolute atomic E-state index is 13.6. The standard InChI is InChI=1S/C23H32FN5O2S.C2H6/c1-25-21(27-23(15-30)7-8-23)14-32-12-2-9-26-16-29-10-5-17(6-11-29)22-19-13-18(24)3-4-20(19)31-28-22;1-2/h3-4,13,16-17,30H,2,5-12,14-15H2,1H3,(H,25,27);1-2H3. The molecule has 0 unspecified atom stereocenters. The molecule has 2 aromatic rings. The van der Waals surface area contributed by atoms with Gasteiger partial charge in [0, 0.05) is 38.0 Å². The quantitative estimate of drug-likeness (QED) is 0.290. The normalized spacial score (nSPS) is 18.3. The highest BCUT2D eigenvalue weighted by molar-refractivity contribution is 7.99. The molecule has 1 aliphatic heterocycles. The fourth-order valence-electron chi connectivity index (χ4n) is 4.05. The van der Waals surface area contributed by atoms with Crippen LogP contribution in [0.2, 0.25) is 0 Å². The van der Waals surface area contributed by atoms with Gasteiger partial charge < -0.3 is 19.8 Å². The summed E-state index contributed by atoms with van der Waals surface area (Å²) in [5.74, 6) is 2.88. The van der Waals surface area contributed by atoms with E-state index >= 15 is 0 Å². The number of rotatable bonds is 10. The molecule has 2 fully saturated rings. The van der Waals surface area contributed by atoms with Crippen molar-refractivity contribution >= 4 is 34.9 Å². The van der Waals surface area contributed by atoms with Crippen molar-refractivity contribution in [3.8, 4) is 0 Å². The number of aromatic nitrogens is 1. The highest BCUT2D eigenvalue weighted by Crippen LogP contribution is 2.35. The van der Waals surface area contributed by atoms with Gasteiger partial charge in [-0.2, -0.15) is 11.8 Å². The maximum Gasteiger partial charge on any atom is 0.167 e. The number of piperidine rings is 1. The van der Waals surface area contributed by atoms with Crippen molar-refractivity contribution < 1.29 is 14.0 Å². The molecule has 0 amide bonds. The lowest BCUT2D eigenvalue weighted by Crippen LogP contribution is -2.40. The van der Waals surface area contributed by atoms with Crippen molar-refractivity contribution in [1.29, 1.82) is 0 Å². The minimum absolute atomic E-state index is 0.107. The molecular formula is C25H38FN5O2S. The molecule has 0 spiro atoms. The molecule has 2 aliphatic rings. The number of fused-ring (bicyclic) bond motifs is 1. The molecular weight excluding hydrogens is 453 g/mol. The second-order valence-electron chi connectivity index (χ2n) is 8.68. The van der Waals surface area contributed by atoms with Crippen molar-refractivity contribution in [1.82, 2.24) is 15.4 Å². The van der Waals surface area contributed by atoms with Crippen LogP contribution in [0.25, 0.3) is 11.0 Å². The summed E-state index contributed by atoms with van der Waals surface area (Å²) in [5, 5.41) is 17.8. The smallest absolute Gasteiger partial charge is 0.167 e. The lowest BCUT2D eigenvalue weighted by atomic mass is 9.92. The summed E-state index contributed by atoms with van der Waals surface area (Å²) in [6, 6.07) is 4.57. The summed E-state index contributed by atoms with van der Waals surface area (Å²) in [6.07, 6.45) is 6.96. The van der Waals surface area contributed by atoms with Gasteiger partial charge >= 0.3 is 0 Å². The Morgan fingerprint density at radius 2 is 2.12 bits per heavy atom. The van der Waals surface area contributed by atoms with Gasteiger partial charge in [0.05, 0.1) is 29.9 Å². The van der Waals surface area contributed by atoms with E-state index < -0.39 is 0 Å². The molecule has 0 radical (unpaired) electrons. The third kappa shape index (κ3) is 7.18. The van der Waals surface area contributed by atoms with Crippen LogP contribution in [0.1, 0.15) is 57.6 Å². The zero-order valence-corrected chi connectivity index (χ0v) is 21.4. The lowest BCUT2D eigenvalue weighted by Gasteiger charge is -2.29. The molecule has 4 rings (SSSR count). The zero-order valence-electron chi connectivity index (χ0n) is 20.6. The van der Waals surface area contributed by atoms with Gasteiger partial charge in [-0.1, -0.05) is 19.0 Å². The van der Waals surface area contributed by atoms with Gasteiger partial charge in [-0.05, 0) is 56.1 Å². The van der Waals surface area contributed by atoms with Crippen molar-refractivity contribution in [2.75, 3.05) is 44.8 Å². The van der Waals surface area contributed by atoms with Crippen LogP contribution in [0.5, 0.6) is 0 Å². The number of hydrogen-bond acceptors (Lipinski definition) is 6. The van der Waals surface area contributed by atoms with Gasteiger partial charge in [-0.3, -0.25) is 9.98 Å². The second-order valence-corrected chi connectivity index (χ2v) is 9.79. The molecule has 2 N–H and O–H groups in total. The Morgan fingerprint density at radius 3 is 2.79 bits per heavy atom. The summed E-state index contributed by atoms with van der Waals surface area (Å²) in [5.41, 5.74) is 1.42. The third-order valence-electron chi connectivity index (χ3n) is 6.27. The number of amidine groups is 1. The molecule has 34 heavy (non-hydrogen) atoms. The van der Waals surface area contributed by atoms with E-state index in [0.29, 0.717) is 11.5 Å². The first-order valence-electron chi connectivity index (χ1n) is 12.3. The first-order valence-corrected chi connectivity index (χ1v) is 13.5. The summed E-state index contributed by atoms with van der Waals surface area (Å²) in [4.78, 5) is 11.2. The maximum atomic E-state index is 13.6. The number of nitrogens with zero attached hydrogens (tertiary/aromatic N) is 4. The molecule has 188 valence electrons. The van der Waals surface area contributed by atoms with E-state index in [2.05, 4.69) is 25.4 Å². The number of aliphatic hydroxyl groups excluding tert-OH is 1. The lowest BCUT2D eigenvalue weighted by molar-refractivity contribution is 0.245. The molecule has 1 aliphatic carbocycles. The number of benzene rings is 1. The van der Waals surface area contributed by atoms with E-state index in [1.807, 2.05) is 31.9 Å². The molecule has 7 nitrogen and oxygen atoms in total. The molecule has 1 aromatic carbocycles. The van der Waals surface area contributed by atoms with Crippen LogP contribution in [0.4, 0.5) is 4.39 Å². The summed E-state index contributed by atoms with van der Waals surface area (Å²) in [7, 11) is 1.80. The Kier molecular flexibility index (Phi) is 10.2. The number of hydrogen-bond donors (Lipinski definition) is 2. The Labute approximate surface area is 206 Å². The fraction of sp³-hybridized carbons (Fsp3) is 0.640. The van der Waals surface area contributed by atoms with E-state index in [1.54, 1.807) is 13.1 Å². The Bertz CT molecular complexity index is 952. The van der Waals surface area contributed by atoms with Gasteiger partial charge in [-0.25, -0.2) is 4.39 Å². The fourth-order valence-corrected chi connectivity index (χ4v) is 4.92. The molecule has 2 heterocycles. The highest BCUT2D eigenvalue weighted by Gasteiger charge is 2.42. The van der Waals surface area contributed by atoms with Gasteiger partial charge in [-0.15, -0.1) is 0 Å². The van der Waals surface area contributed by atoms with E-state index in [4.69, 9.17) is 4.52 Å². The van der Waals surface area contributed by atoms with Crippen LogP contribution >= 0.6 is 11.8 Å². The van der Waals surface area contributed by atoms with Crippen molar-refractivity contribution in [2.45, 2.75) is 57.4 Å². The predicted octanol–water partition coefficient (Wildman–Crippen LogP) is 4.47. The molecule has 1 saturated carbocycles. The van der Waals surface area contributed by atoms with Crippen molar-refractivity contribution in [3.63, 3.8) is 0 Å². The van der Waals surface area contributed by atoms with Gasteiger partial charge in [0.2, 0.25) is 0 Å². The summed E-state index contributed by atoms with van der Waals surface area (Å²) < 4.78 is 19.0. The van der Waals surface area contributed by atoms with Crippen LogP contribution in [0, 0.1) is 5.82 Å². The minimum Gasteiger partial charge on any atom is -0.394 e.